The molecule has 2 heterocycles. The van der Waals surface area contributed by atoms with Crippen molar-refractivity contribution in [1.29, 1.82) is 0 Å². The third kappa shape index (κ3) is 3.98. The van der Waals surface area contributed by atoms with Crippen molar-refractivity contribution in [3.8, 4) is 6.01 Å². The number of hydrogen-bond donors (Lipinski definition) is 0. The van der Waals surface area contributed by atoms with Gasteiger partial charge >= 0.3 is 6.01 Å². The summed E-state index contributed by atoms with van der Waals surface area (Å²) in [5.74, 6) is -0.525. The minimum atomic E-state index is -3.26. The summed E-state index contributed by atoms with van der Waals surface area (Å²) in [6.45, 7) is 0.864. The number of nitrogens with zero attached hydrogens (tertiary/aromatic N) is 3. The van der Waals surface area contributed by atoms with Crippen molar-refractivity contribution in [1.82, 2.24) is 14.3 Å². The summed E-state index contributed by atoms with van der Waals surface area (Å²) in [4.78, 5) is 7.55. The van der Waals surface area contributed by atoms with Crippen LogP contribution in [0, 0.1) is 5.82 Å². The van der Waals surface area contributed by atoms with Crippen LogP contribution in [-0.2, 0) is 10.0 Å². The van der Waals surface area contributed by atoms with E-state index in [1.165, 1.54) is 0 Å². The summed E-state index contributed by atoms with van der Waals surface area (Å²) in [6, 6.07) is 0.0910. The number of halogens is 1. The Hall–Kier alpha value is -1.28. The predicted molar refractivity (Wildman–Crippen MR) is 83.0 cm³/mol. The van der Waals surface area contributed by atoms with Crippen molar-refractivity contribution >= 4 is 10.0 Å². The van der Waals surface area contributed by atoms with Crippen molar-refractivity contribution in [2.24, 2.45) is 0 Å². The van der Waals surface area contributed by atoms with E-state index in [-0.39, 0.29) is 17.4 Å². The molecule has 1 aliphatic heterocycles. The number of ether oxygens (including phenoxy) is 1. The number of aromatic nitrogens is 2. The molecular weight excluding hydrogens is 321 g/mol. The second-order valence-electron chi connectivity index (χ2n) is 6.23. The molecule has 1 saturated heterocycles. The van der Waals surface area contributed by atoms with Crippen molar-refractivity contribution in [2.45, 2.75) is 56.3 Å². The molecule has 128 valence electrons. The highest BCUT2D eigenvalue weighted by Crippen LogP contribution is 2.28. The molecule has 1 aromatic rings. The van der Waals surface area contributed by atoms with E-state index in [0.717, 1.165) is 57.3 Å². The van der Waals surface area contributed by atoms with E-state index in [0.29, 0.717) is 13.1 Å². The first-order chi connectivity index (χ1) is 11.1. The zero-order chi connectivity index (χ0) is 16.3. The molecule has 0 spiro atoms. The molecule has 1 atom stereocenters. The molecule has 2 fully saturated rings. The Bertz CT molecular complexity index is 617. The first-order valence-electron chi connectivity index (χ1n) is 8.19. The van der Waals surface area contributed by atoms with E-state index < -0.39 is 15.8 Å². The van der Waals surface area contributed by atoms with Crippen LogP contribution in [0.5, 0.6) is 6.01 Å². The van der Waals surface area contributed by atoms with Crippen LogP contribution >= 0.6 is 0 Å². The van der Waals surface area contributed by atoms with E-state index in [4.69, 9.17) is 4.74 Å². The summed E-state index contributed by atoms with van der Waals surface area (Å²) >= 11 is 0. The molecule has 1 aromatic heterocycles. The summed E-state index contributed by atoms with van der Waals surface area (Å²) in [6.07, 6.45) is 7.91. The van der Waals surface area contributed by atoms with Gasteiger partial charge in [-0.15, -0.1) is 0 Å². The highest BCUT2D eigenvalue weighted by Gasteiger charge is 2.36. The normalized spacial score (nSPS) is 24.5. The lowest BCUT2D eigenvalue weighted by molar-refractivity contribution is 0.118. The average molecular weight is 343 g/mol. The summed E-state index contributed by atoms with van der Waals surface area (Å²) < 4.78 is 45.6. The molecule has 0 N–H and O–H groups in total. The highest BCUT2D eigenvalue weighted by atomic mass is 32.2. The second kappa shape index (κ2) is 7.09. The molecule has 1 saturated carbocycles. The third-order valence-corrected chi connectivity index (χ3v) is 6.91. The molecule has 0 radical (unpaired) electrons. The molecule has 0 aromatic carbocycles. The zero-order valence-corrected chi connectivity index (χ0v) is 13.8. The van der Waals surface area contributed by atoms with Gasteiger partial charge in [-0.05, 0) is 25.7 Å². The second-order valence-corrected chi connectivity index (χ2v) is 8.44. The fourth-order valence-corrected chi connectivity index (χ4v) is 5.42. The molecule has 1 aliphatic carbocycles. The molecule has 0 unspecified atom stereocenters. The molecule has 0 amide bonds. The van der Waals surface area contributed by atoms with E-state index in [2.05, 4.69) is 9.97 Å². The van der Waals surface area contributed by atoms with Gasteiger partial charge in [-0.1, -0.05) is 19.3 Å². The van der Waals surface area contributed by atoms with Crippen LogP contribution in [0.3, 0.4) is 0 Å². The smallest absolute Gasteiger partial charge is 0.316 e. The Labute approximate surface area is 136 Å². The zero-order valence-electron chi connectivity index (χ0n) is 13.0. The minimum absolute atomic E-state index is 0.0910. The number of piperidine rings is 1. The lowest BCUT2D eigenvalue weighted by atomic mass is 10.0. The molecule has 6 nitrogen and oxygen atoms in total. The molecule has 2 aliphatic rings. The SMILES string of the molecule is O=S(=O)(C1CCCCC1)N1CCC[C@H](Oc2ncc(F)cn2)C1. The van der Waals surface area contributed by atoms with Crippen molar-refractivity contribution < 1.29 is 17.5 Å². The van der Waals surface area contributed by atoms with Crippen LogP contribution in [0.4, 0.5) is 4.39 Å². The first-order valence-corrected chi connectivity index (χ1v) is 9.69. The van der Waals surface area contributed by atoms with Crippen molar-refractivity contribution in [3.05, 3.63) is 18.2 Å². The van der Waals surface area contributed by atoms with Gasteiger partial charge in [-0.25, -0.2) is 22.8 Å². The maximum absolute atomic E-state index is 12.8. The van der Waals surface area contributed by atoms with Gasteiger partial charge in [0.2, 0.25) is 10.0 Å². The van der Waals surface area contributed by atoms with Crippen molar-refractivity contribution in [2.75, 3.05) is 13.1 Å². The predicted octanol–water partition coefficient (Wildman–Crippen LogP) is 2.12. The Morgan fingerprint density at radius 3 is 2.48 bits per heavy atom. The Kier molecular flexibility index (Phi) is 5.11. The third-order valence-electron chi connectivity index (χ3n) is 4.54. The number of rotatable bonds is 4. The van der Waals surface area contributed by atoms with Crippen LogP contribution < -0.4 is 4.74 Å². The molecule has 23 heavy (non-hydrogen) atoms. The van der Waals surface area contributed by atoms with Crippen molar-refractivity contribution in [3.63, 3.8) is 0 Å². The van der Waals surface area contributed by atoms with E-state index in [1.54, 1.807) is 4.31 Å². The van der Waals surface area contributed by atoms with Gasteiger partial charge in [0.25, 0.3) is 0 Å². The fraction of sp³-hybridized carbons (Fsp3) is 0.733. The summed E-state index contributed by atoms with van der Waals surface area (Å²) in [5, 5.41) is -0.253. The summed E-state index contributed by atoms with van der Waals surface area (Å²) in [7, 11) is -3.26. The standard InChI is InChI=1S/C15H22FN3O3S/c16-12-9-17-15(18-10-12)22-13-5-4-8-19(11-13)23(20,21)14-6-2-1-3-7-14/h9-10,13-14H,1-8,11H2/t13-/m0/s1. The Morgan fingerprint density at radius 2 is 1.78 bits per heavy atom. The lowest BCUT2D eigenvalue weighted by Crippen LogP contribution is -2.48. The monoisotopic (exact) mass is 343 g/mol. The average Bonchev–Trinajstić information content (AvgIpc) is 2.58. The van der Waals surface area contributed by atoms with Gasteiger partial charge in [-0.2, -0.15) is 4.31 Å². The van der Waals surface area contributed by atoms with Gasteiger partial charge in [0.05, 0.1) is 24.2 Å². The van der Waals surface area contributed by atoms with Gasteiger partial charge in [0.15, 0.2) is 5.82 Å². The van der Waals surface area contributed by atoms with E-state index in [1.807, 2.05) is 0 Å². The fourth-order valence-electron chi connectivity index (χ4n) is 3.32. The topological polar surface area (TPSA) is 72.4 Å². The minimum Gasteiger partial charge on any atom is -0.459 e. The van der Waals surface area contributed by atoms with Crippen LogP contribution in [0.1, 0.15) is 44.9 Å². The Balaban J connectivity index is 1.64. The molecular formula is C15H22FN3O3S. The quantitative estimate of drug-likeness (QED) is 0.837. The Morgan fingerprint density at radius 1 is 1.09 bits per heavy atom. The first kappa shape index (κ1) is 16.6. The highest BCUT2D eigenvalue weighted by molar-refractivity contribution is 7.89. The van der Waals surface area contributed by atoms with Crippen LogP contribution in [0.2, 0.25) is 0 Å². The van der Waals surface area contributed by atoms with Crippen LogP contribution in [0.25, 0.3) is 0 Å². The number of sulfonamides is 1. The maximum Gasteiger partial charge on any atom is 0.316 e. The van der Waals surface area contributed by atoms with Gasteiger partial charge in [-0.3, -0.25) is 0 Å². The molecule has 3 rings (SSSR count). The number of hydrogen-bond acceptors (Lipinski definition) is 5. The van der Waals surface area contributed by atoms with Gasteiger partial charge in [0.1, 0.15) is 6.10 Å². The van der Waals surface area contributed by atoms with E-state index in [9.17, 15) is 12.8 Å². The van der Waals surface area contributed by atoms with Gasteiger partial charge < -0.3 is 4.74 Å². The lowest BCUT2D eigenvalue weighted by Gasteiger charge is -2.35. The molecule has 0 bridgehead atoms. The summed E-state index contributed by atoms with van der Waals surface area (Å²) in [5.41, 5.74) is 0. The van der Waals surface area contributed by atoms with Crippen LogP contribution in [0.15, 0.2) is 12.4 Å². The van der Waals surface area contributed by atoms with Gasteiger partial charge in [0, 0.05) is 6.54 Å². The molecule has 8 heteroatoms. The van der Waals surface area contributed by atoms with E-state index >= 15 is 0 Å². The maximum atomic E-state index is 12.8. The largest absolute Gasteiger partial charge is 0.459 e. The van der Waals surface area contributed by atoms with Crippen LogP contribution in [-0.4, -0.2) is 47.1 Å².